The SMILES string of the molecule is COCC1CCN(S(=O)(=O)c2cc(CCl)oc2Br)C1. The quantitative estimate of drug-likeness (QED) is 0.745. The third kappa shape index (κ3) is 3.16. The molecule has 8 heteroatoms. The van der Waals surface area contributed by atoms with Crippen molar-refractivity contribution in [2.24, 2.45) is 5.92 Å². The molecule has 1 atom stereocenters. The summed E-state index contributed by atoms with van der Waals surface area (Å²) in [5, 5.41) is 0. The molecule has 0 radical (unpaired) electrons. The van der Waals surface area contributed by atoms with E-state index in [2.05, 4.69) is 15.9 Å². The van der Waals surface area contributed by atoms with E-state index in [1.54, 1.807) is 7.11 Å². The van der Waals surface area contributed by atoms with Crippen molar-refractivity contribution in [3.05, 3.63) is 16.5 Å². The van der Waals surface area contributed by atoms with E-state index in [-0.39, 0.29) is 21.4 Å². The third-order valence-corrected chi connectivity index (χ3v) is 6.09. The van der Waals surface area contributed by atoms with Gasteiger partial charge in [-0.2, -0.15) is 4.31 Å². The molecule has 2 rings (SSSR count). The van der Waals surface area contributed by atoms with Gasteiger partial charge in [0, 0.05) is 26.3 Å². The van der Waals surface area contributed by atoms with Gasteiger partial charge in [0.1, 0.15) is 10.7 Å². The molecule has 108 valence electrons. The van der Waals surface area contributed by atoms with Gasteiger partial charge >= 0.3 is 0 Å². The number of ether oxygens (including phenoxy) is 1. The first-order valence-electron chi connectivity index (χ1n) is 5.82. The maximum Gasteiger partial charge on any atom is 0.247 e. The maximum atomic E-state index is 12.5. The molecule has 0 spiro atoms. The van der Waals surface area contributed by atoms with E-state index in [0.29, 0.717) is 25.5 Å². The van der Waals surface area contributed by atoms with Crippen molar-refractivity contribution in [2.75, 3.05) is 26.8 Å². The Kier molecular flexibility index (Phi) is 4.94. The Morgan fingerprint density at radius 3 is 2.95 bits per heavy atom. The van der Waals surface area contributed by atoms with Crippen LogP contribution in [0.5, 0.6) is 0 Å². The second-order valence-electron chi connectivity index (χ2n) is 4.46. The average Bonchev–Trinajstić information content (AvgIpc) is 2.96. The first-order valence-corrected chi connectivity index (χ1v) is 8.59. The van der Waals surface area contributed by atoms with Crippen LogP contribution in [0.3, 0.4) is 0 Å². The van der Waals surface area contributed by atoms with Crippen molar-refractivity contribution in [1.82, 2.24) is 4.31 Å². The summed E-state index contributed by atoms with van der Waals surface area (Å²) in [6, 6.07) is 1.47. The number of methoxy groups -OCH3 is 1. The van der Waals surface area contributed by atoms with Crippen LogP contribution in [0.4, 0.5) is 0 Å². The molecule has 0 bridgehead atoms. The maximum absolute atomic E-state index is 12.5. The van der Waals surface area contributed by atoms with Gasteiger partial charge in [0.2, 0.25) is 10.0 Å². The van der Waals surface area contributed by atoms with Gasteiger partial charge in [0.15, 0.2) is 4.67 Å². The topological polar surface area (TPSA) is 59.8 Å². The highest BCUT2D eigenvalue weighted by atomic mass is 79.9. The Hall–Kier alpha value is -0.0800. The summed E-state index contributed by atoms with van der Waals surface area (Å²) in [5.74, 6) is 0.818. The zero-order valence-electron chi connectivity index (χ0n) is 10.4. The van der Waals surface area contributed by atoms with E-state index in [4.69, 9.17) is 20.8 Å². The Labute approximate surface area is 126 Å². The van der Waals surface area contributed by atoms with Gasteiger partial charge in [-0.15, -0.1) is 11.6 Å². The van der Waals surface area contributed by atoms with Crippen molar-refractivity contribution in [1.29, 1.82) is 0 Å². The summed E-state index contributed by atoms with van der Waals surface area (Å²) in [4.78, 5) is 0.140. The molecule has 19 heavy (non-hydrogen) atoms. The summed E-state index contributed by atoms with van der Waals surface area (Å²) in [7, 11) is -1.91. The van der Waals surface area contributed by atoms with Crippen molar-refractivity contribution in [2.45, 2.75) is 17.2 Å². The molecular weight excluding hydrogens is 358 g/mol. The van der Waals surface area contributed by atoms with Crippen molar-refractivity contribution in [3.8, 4) is 0 Å². The molecule has 0 aliphatic carbocycles. The highest BCUT2D eigenvalue weighted by Crippen LogP contribution is 2.32. The summed E-state index contributed by atoms with van der Waals surface area (Å²) in [6.45, 7) is 1.56. The van der Waals surface area contributed by atoms with Gasteiger partial charge in [-0.05, 0) is 28.3 Å². The molecule has 1 aliphatic rings. The second-order valence-corrected chi connectivity index (χ2v) is 7.35. The fraction of sp³-hybridized carbons (Fsp3) is 0.636. The van der Waals surface area contributed by atoms with Gasteiger partial charge in [-0.25, -0.2) is 8.42 Å². The molecule has 2 heterocycles. The zero-order valence-corrected chi connectivity index (χ0v) is 13.6. The summed E-state index contributed by atoms with van der Waals surface area (Å²) >= 11 is 8.78. The van der Waals surface area contributed by atoms with E-state index in [9.17, 15) is 8.42 Å². The fourth-order valence-electron chi connectivity index (χ4n) is 2.17. The lowest BCUT2D eigenvalue weighted by atomic mass is 10.1. The molecule has 0 aromatic carbocycles. The van der Waals surface area contributed by atoms with Crippen LogP contribution in [0.2, 0.25) is 0 Å². The molecule has 0 saturated carbocycles. The molecule has 1 aliphatic heterocycles. The number of sulfonamides is 1. The average molecular weight is 373 g/mol. The number of halogens is 2. The Morgan fingerprint density at radius 2 is 2.37 bits per heavy atom. The molecule has 0 amide bonds. The molecule has 0 N–H and O–H groups in total. The van der Waals surface area contributed by atoms with Gasteiger partial charge in [-0.1, -0.05) is 0 Å². The molecule has 1 aromatic heterocycles. The van der Waals surface area contributed by atoms with Gasteiger partial charge in [-0.3, -0.25) is 0 Å². The number of furan rings is 1. The monoisotopic (exact) mass is 371 g/mol. The minimum Gasteiger partial charge on any atom is -0.452 e. The normalized spacial score (nSPS) is 21.1. The summed E-state index contributed by atoms with van der Waals surface area (Å²) < 4.78 is 37.0. The highest BCUT2D eigenvalue weighted by molar-refractivity contribution is 9.10. The van der Waals surface area contributed by atoms with Gasteiger partial charge < -0.3 is 9.15 Å². The lowest BCUT2D eigenvalue weighted by molar-refractivity contribution is 0.157. The van der Waals surface area contributed by atoms with Crippen LogP contribution in [0, 0.1) is 5.92 Å². The van der Waals surface area contributed by atoms with E-state index < -0.39 is 10.0 Å². The van der Waals surface area contributed by atoms with E-state index in [0.717, 1.165) is 6.42 Å². The lowest BCUT2D eigenvalue weighted by Crippen LogP contribution is -2.29. The number of rotatable bonds is 5. The van der Waals surface area contributed by atoms with Crippen molar-refractivity contribution >= 4 is 37.6 Å². The molecular formula is C11H15BrClNO4S. The molecule has 1 aromatic rings. The number of hydrogen-bond acceptors (Lipinski definition) is 4. The Bertz CT molecular complexity index is 545. The van der Waals surface area contributed by atoms with Crippen LogP contribution in [0.15, 0.2) is 20.0 Å². The molecule has 1 fully saturated rings. The largest absolute Gasteiger partial charge is 0.452 e. The summed E-state index contributed by atoms with van der Waals surface area (Å²) in [5.41, 5.74) is 0. The Balaban J connectivity index is 2.21. The minimum atomic E-state index is -3.53. The number of nitrogens with zero attached hydrogens (tertiary/aromatic N) is 1. The van der Waals surface area contributed by atoms with Crippen LogP contribution in [0.25, 0.3) is 0 Å². The molecule has 1 unspecified atom stereocenters. The lowest BCUT2D eigenvalue weighted by Gasteiger charge is -2.15. The van der Waals surface area contributed by atoms with E-state index >= 15 is 0 Å². The van der Waals surface area contributed by atoms with Gasteiger partial charge in [0.25, 0.3) is 0 Å². The predicted octanol–water partition coefficient (Wildman–Crippen LogP) is 2.44. The first kappa shape index (κ1) is 15.3. The zero-order chi connectivity index (χ0) is 14.0. The Morgan fingerprint density at radius 1 is 1.63 bits per heavy atom. The summed E-state index contributed by atoms with van der Waals surface area (Å²) in [6.07, 6.45) is 0.810. The second kappa shape index (κ2) is 6.13. The van der Waals surface area contributed by atoms with Crippen LogP contribution in [0.1, 0.15) is 12.2 Å². The van der Waals surface area contributed by atoms with Crippen LogP contribution in [-0.2, 0) is 20.6 Å². The standard InChI is InChI=1S/C11H15BrClNO4S/c1-17-7-8-2-3-14(6-8)19(15,16)10-4-9(5-13)18-11(10)12/h4,8H,2-3,5-7H2,1H3. The molecule has 5 nitrogen and oxygen atoms in total. The number of alkyl halides is 1. The van der Waals surface area contributed by atoms with Crippen molar-refractivity contribution < 1.29 is 17.6 Å². The minimum absolute atomic E-state index is 0.139. The van der Waals surface area contributed by atoms with E-state index in [1.807, 2.05) is 0 Å². The van der Waals surface area contributed by atoms with Gasteiger partial charge in [0.05, 0.1) is 12.5 Å². The number of hydrogen-bond donors (Lipinski definition) is 0. The smallest absolute Gasteiger partial charge is 0.247 e. The molecule has 1 saturated heterocycles. The fourth-order valence-corrected chi connectivity index (χ4v) is 4.79. The van der Waals surface area contributed by atoms with E-state index in [1.165, 1.54) is 10.4 Å². The third-order valence-electron chi connectivity index (χ3n) is 3.11. The highest BCUT2D eigenvalue weighted by Gasteiger charge is 2.35. The van der Waals surface area contributed by atoms with Crippen LogP contribution < -0.4 is 0 Å². The predicted molar refractivity (Wildman–Crippen MR) is 74.7 cm³/mol. The van der Waals surface area contributed by atoms with Crippen molar-refractivity contribution in [3.63, 3.8) is 0 Å². The van der Waals surface area contributed by atoms with Crippen LogP contribution in [-0.4, -0.2) is 39.5 Å². The first-order chi connectivity index (χ1) is 8.98. The van der Waals surface area contributed by atoms with Crippen LogP contribution >= 0.6 is 27.5 Å².